The van der Waals surface area contributed by atoms with Crippen LogP contribution in [0.3, 0.4) is 0 Å². The molecule has 2 aromatic carbocycles. The van der Waals surface area contributed by atoms with Gasteiger partial charge in [-0.2, -0.15) is 35.4 Å². The Morgan fingerprint density at radius 1 is 0.875 bits per heavy atom. The van der Waals surface area contributed by atoms with E-state index in [0.717, 1.165) is 25.7 Å². The molecule has 2 nitrogen and oxygen atoms in total. The number of aliphatic hydroxyl groups is 2. The molecule has 0 aliphatic carbocycles. The van der Waals surface area contributed by atoms with E-state index in [1.54, 1.807) is 23.3 Å². The second-order valence-electron chi connectivity index (χ2n) is 5.24. The summed E-state index contributed by atoms with van der Waals surface area (Å²) in [6, 6.07) is 16.4. The summed E-state index contributed by atoms with van der Waals surface area (Å²) in [7, 11) is 0. The van der Waals surface area contributed by atoms with Crippen molar-refractivity contribution in [2.45, 2.75) is 38.8 Å². The van der Waals surface area contributed by atoms with Crippen molar-refractivity contribution in [1.82, 2.24) is 0 Å². The normalized spacial score (nSPS) is 8.58. The predicted molar refractivity (Wildman–Crippen MR) is 92.4 cm³/mol. The summed E-state index contributed by atoms with van der Waals surface area (Å²) in [5, 5.41) is 16.9. The minimum Gasteiger partial charge on any atom is -1.00 e. The SMILES string of the molecule is C[Si](C)=[Zr+2].OCCCc1ccc[cH-]1.OCCCc1ccc[cH-]1.[Cl-].[Cl-]. The summed E-state index contributed by atoms with van der Waals surface area (Å²) < 4.78 is 0. The van der Waals surface area contributed by atoms with E-state index in [4.69, 9.17) is 10.2 Å². The molecule has 0 spiro atoms. The van der Waals surface area contributed by atoms with Gasteiger partial charge in [0.05, 0.1) is 0 Å². The molecule has 6 heteroatoms. The Balaban J connectivity index is -0.000000283. The second-order valence-corrected chi connectivity index (χ2v) is 14.6. The molecule has 0 aromatic heterocycles. The zero-order valence-corrected chi connectivity index (χ0v) is 19.5. The predicted octanol–water partition coefficient (Wildman–Crippen LogP) is -2.55. The Labute approximate surface area is 174 Å². The third-order valence-corrected chi connectivity index (χ3v) is 2.71. The van der Waals surface area contributed by atoms with Crippen molar-refractivity contribution in [2.24, 2.45) is 0 Å². The summed E-state index contributed by atoms with van der Waals surface area (Å²) in [6.45, 7) is 5.21. The fraction of sp³-hybridized carbons (Fsp3) is 0.444. The zero-order chi connectivity index (χ0) is 16.6. The van der Waals surface area contributed by atoms with Crippen LogP contribution in [0, 0.1) is 0 Å². The zero-order valence-electron chi connectivity index (χ0n) is 14.5. The van der Waals surface area contributed by atoms with Crippen LogP contribution in [-0.4, -0.2) is 28.9 Å². The molecule has 2 N–H and O–H groups in total. The first-order valence-corrected chi connectivity index (χ1v) is 13.9. The smallest absolute Gasteiger partial charge is 0.0433 e. The van der Waals surface area contributed by atoms with Gasteiger partial charge in [0.2, 0.25) is 0 Å². The first kappa shape index (κ1) is 29.1. The maximum atomic E-state index is 8.47. The quantitative estimate of drug-likeness (QED) is 0.364. The minimum absolute atomic E-state index is 0. The third kappa shape index (κ3) is 20.3. The molecule has 2 rings (SSSR count). The molecule has 0 saturated carbocycles. The van der Waals surface area contributed by atoms with Crippen LogP contribution in [0.2, 0.25) is 13.1 Å². The van der Waals surface area contributed by atoms with E-state index in [0.29, 0.717) is 13.2 Å². The Morgan fingerprint density at radius 3 is 1.42 bits per heavy atom. The molecule has 0 aliphatic heterocycles. The summed E-state index contributed by atoms with van der Waals surface area (Å²) in [6.07, 6.45) is 3.76. The van der Waals surface area contributed by atoms with Crippen molar-refractivity contribution in [1.29, 1.82) is 0 Å². The Bertz CT molecular complexity index is 417. The second kappa shape index (κ2) is 21.3. The van der Waals surface area contributed by atoms with E-state index < -0.39 is 0 Å². The molecule has 2 aromatic rings. The molecule has 0 amide bonds. The van der Waals surface area contributed by atoms with Crippen LogP contribution in [0.5, 0.6) is 0 Å². The largest absolute Gasteiger partial charge is 1.00 e. The summed E-state index contributed by atoms with van der Waals surface area (Å²) in [5.41, 5.74) is 2.86. The number of halogens is 2. The van der Waals surface area contributed by atoms with Gasteiger partial charge in [0.1, 0.15) is 0 Å². The van der Waals surface area contributed by atoms with Crippen LogP contribution >= 0.6 is 0 Å². The maximum absolute atomic E-state index is 8.47. The summed E-state index contributed by atoms with van der Waals surface area (Å²) in [4.78, 5) is 0. The van der Waals surface area contributed by atoms with E-state index in [1.165, 1.54) is 11.1 Å². The molecule has 0 saturated heterocycles. The van der Waals surface area contributed by atoms with E-state index in [9.17, 15) is 0 Å². The van der Waals surface area contributed by atoms with Crippen molar-refractivity contribution in [3.63, 3.8) is 0 Å². The van der Waals surface area contributed by atoms with Crippen LogP contribution in [0.4, 0.5) is 0 Å². The van der Waals surface area contributed by atoms with Crippen LogP contribution < -0.4 is 24.8 Å². The molecule has 136 valence electrons. The molecule has 0 aliphatic rings. The van der Waals surface area contributed by atoms with Gasteiger partial charge in [-0.15, -0.1) is 0 Å². The van der Waals surface area contributed by atoms with Gasteiger partial charge in [0.25, 0.3) is 0 Å². The Hall–Kier alpha value is 0.300. The van der Waals surface area contributed by atoms with Gasteiger partial charge in [-0.1, -0.05) is 0 Å². The fourth-order valence-corrected chi connectivity index (χ4v) is 1.73. The first-order chi connectivity index (χ1) is 10.6. The summed E-state index contributed by atoms with van der Waals surface area (Å²) >= 11 is 1.74. The van der Waals surface area contributed by atoms with Gasteiger partial charge >= 0.3 is 41.9 Å². The summed E-state index contributed by atoms with van der Waals surface area (Å²) in [5.74, 6) is 0. The molecule has 0 unspecified atom stereocenters. The standard InChI is InChI=1S/2C8H11O.C2H6Si.2ClH.Zr/c2*9-7-3-6-8-4-1-2-5-8;1-3-2;;;/h2*1-2,4-5,9H,3,6-7H2;1-2H3;2*1H;/q2*-1;;;;+2/p-2. The van der Waals surface area contributed by atoms with Gasteiger partial charge in [-0.25, -0.2) is 24.3 Å². The number of aliphatic hydroxyl groups excluding tert-OH is 2. The van der Waals surface area contributed by atoms with E-state index in [1.807, 2.05) is 24.3 Å². The van der Waals surface area contributed by atoms with Gasteiger partial charge in [-0.3, -0.25) is 0 Å². The topological polar surface area (TPSA) is 40.5 Å². The van der Waals surface area contributed by atoms with Crippen molar-refractivity contribution in [2.75, 3.05) is 13.2 Å². The van der Waals surface area contributed by atoms with Crippen molar-refractivity contribution in [3.8, 4) is 0 Å². The number of aryl methyl sites for hydroxylation is 2. The van der Waals surface area contributed by atoms with Crippen LogP contribution in [0.15, 0.2) is 48.5 Å². The van der Waals surface area contributed by atoms with E-state index >= 15 is 0 Å². The molecule has 0 atom stereocenters. The molecule has 24 heavy (non-hydrogen) atoms. The monoisotopic (exact) mass is 464 g/mol. The molecule has 0 heterocycles. The van der Waals surface area contributed by atoms with Crippen LogP contribution in [0.25, 0.3) is 0 Å². The Kier molecular flexibility index (Phi) is 25.9. The molecule has 0 fully saturated rings. The van der Waals surface area contributed by atoms with Gasteiger partial charge < -0.3 is 35.0 Å². The molecular weight excluding hydrogens is 438 g/mol. The average Bonchev–Trinajstić information content (AvgIpc) is 3.16. The molecule has 0 bridgehead atoms. The van der Waals surface area contributed by atoms with Crippen LogP contribution in [-0.2, 0) is 36.2 Å². The first-order valence-electron chi connectivity index (χ1n) is 7.74. The van der Waals surface area contributed by atoms with Crippen LogP contribution in [0.1, 0.15) is 24.0 Å². The third-order valence-electron chi connectivity index (χ3n) is 2.71. The molecule has 0 radical (unpaired) electrons. The van der Waals surface area contributed by atoms with Gasteiger partial charge in [0, 0.05) is 13.2 Å². The number of hydrogen-bond donors (Lipinski definition) is 2. The number of rotatable bonds is 6. The number of hydrogen-bond acceptors (Lipinski definition) is 2. The van der Waals surface area contributed by atoms with Gasteiger partial charge in [0.15, 0.2) is 0 Å². The maximum Gasteiger partial charge on any atom is 0.0433 e. The average molecular weight is 467 g/mol. The molecular formula is C18H28Cl2O2SiZr-2. The van der Waals surface area contributed by atoms with E-state index in [-0.39, 0.29) is 30.2 Å². The van der Waals surface area contributed by atoms with Gasteiger partial charge in [-0.05, 0) is 25.7 Å². The van der Waals surface area contributed by atoms with Crippen molar-refractivity contribution < 1.29 is 58.4 Å². The van der Waals surface area contributed by atoms with Crippen molar-refractivity contribution >= 4 is 5.43 Å². The Morgan fingerprint density at radius 2 is 1.21 bits per heavy atom. The van der Waals surface area contributed by atoms with E-state index in [2.05, 4.69) is 37.4 Å². The fourth-order valence-electron chi connectivity index (χ4n) is 1.73. The van der Waals surface area contributed by atoms with Crippen molar-refractivity contribution in [3.05, 3.63) is 59.7 Å². The minimum atomic E-state index is 0.